The first-order chi connectivity index (χ1) is 17.9. The molecular formula is C26H21ClF3N5O2S. The largest absolute Gasteiger partial charge is 0.277 e. The summed E-state index contributed by atoms with van der Waals surface area (Å²) in [6.07, 6.45) is 5.15. The van der Waals surface area contributed by atoms with Crippen molar-refractivity contribution in [1.29, 1.82) is 4.78 Å². The van der Waals surface area contributed by atoms with Gasteiger partial charge in [0.05, 0.1) is 32.7 Å². The third-order valence-corrected chi connectivity index (χ3v) is 8.10. The minimum atomic E-state index is -3.43. The summed E-state index contributed by atoms with van der Waals surface area (Å²) < 4.78 is 65.5. The molecule has 3 aromatic heterocycles. The quantitative estimate of drug-likeness (QED) is 0.339. The number of benzene rings is 1. The molecule has 4 aromatic rings. The van der Waals surface area contributed by atoms with Gasteiger partial charge in [0.25, 0.3) is 5.56 Å². The van der Waals surface area contributed by atoms with Gasteiger partial charge in [-0.05, 0) is 55.5 Å². The summed E-state index contributed by atoms with van der Waals surface area (Å²) in [7, 11) is -3.43. The van der Waals surface area contributed by atoms with Crippen LogP contribution in [0.15, 0.2) is 52.5 Å². The van der Waals surface area contributed by atoms with Crippen LogP contribution in [0, 0.1) is 36.1 Å². The van der Waals surface area contributed by atoms with Gasteiger partial charge in [-0.1, -0.05) is 17.7 Å². The summed E-state index contributed by atoms with van der Waals surface area (Å²) in [5.74, 6) is -2.37. The van der Waals surface area contributed by atoms with E-state index in [2.05, 4.69) is 15.0 Å². The van der Waals surface area contributed by atoms with Crippen LogP contribution in [0.25, 0.3) is 16.9 Å². The van der Waals surface area contributed by atoms with E-state index in [1.807, 2.05) is 0 Å². The summed E-state index contributed by atoms with van der Waals surface area (Å²) in [5, 5.41) is -0.101. The molecule has 196 valence electrons. The first kappa shape index (κ1) is 26.1. The second-order valence-corrected chi connectivity index (χ2v) is 11.8. The Morgan fingerprint density at radius 1 is 1.05 bits per heavy atom. The Balaban J connectivity index is 1.61. The van der Waals surface area contributed by atoms with E-state index in [-0.39, 0.29) is 33.0 Å². The standard InChI is InChI=1S/C26H21ClF3N5O2S/c1-12-9-32-23(15-5-4-6-19(21(15)29)38(3,31)37)22(30)24(12)35-13(2)7-17(20(27)26(35)36)16-8-18(16)25-33-10-14(28)11-34-25/h4-7,9-11,16,18,31H,8H2,1-3H3/t16-,18+,38?/m1/s1. The van der Waals surface area contributed by atoms with Crippen molar-refractivity contribution in [1.82, 2.24) is 19.5 Å². The molecule has 1 aromatic carbocycles. The number of nitrogens with zero attached hydrogens (tertiary/aromatic N) is 4. The van der Waals surface area contributed by atoms with Crippen LogP contribution in [0.3, 0.4) is 0 Å². The van der Waals surface area contributed by atoms with Crippen molar-refractivity contribution in [2.75, 3.05) is 6.26 Å². The predicted molar refractivity (Wildman–Crippen MR) is 137 cm³/mol. The Kier molecular flexibility index (Phi) is 6.39. The molecule has 1 N–H and O–H groups in total. The fourth-order valence-electron chi connectivity index (χ4n) is 4.64. The van der Waals surface area contributed by atoms with Crippen molar-refractivity contribution in [3.63, 3.8) is 0 Å². The average molecular weight is 560 g/mol. The zero-order chi connectivity index (χ0) is 27.5. The number of nitrogens with one attached hydrogen (secondary N) is 1. The Morgan fingerprint density at radius 2 is 1.74 bits per heavy atom. The molecule has 0 radical (unpaired) electrons. The topological polar surface area (TPSA) is 102 Å². The van der Waals surface area contributed by atoms with Gasteiger partial charge in [-0.2, -0.15) is 0 Å². The van der Waals surface area contributed by atoms with Crippen LogP contribution < -0.4 is 5.56 Å². The number of aromatic nitrogens is 4. The molecule has 1 unspecified atom stereocenters. The molecule has 1 saturated carbocycles. The highest BCUT2D eigenvalue weighted by Gasteiger charge is 2.43. The Bertz CT molecular complexity index is 1780. The van der Waals surface area contributed by atoms with Crippen LogP contribution in [-0.2, 0) is 9.73 Å². The highest BCUT2D eigenvalue weighted by molar-refractivity contribution is 7.91. The van der Waals surface area contributed by atoms with Gasteiger partial charge in [0.2, 0.25) is 0 Å². The summed E-state index contributed by atoms with van der Waals surface area (Å²) in [5.41, 5.74) is -0.233. The molecule has 5 rings (SSSR count). The maximum atomic E-state index is 16.0. The van der Waals surface area contributed by atoms with Crippen LogP contribution in [0.2, 0.25) is 5.02 Å². The smallest absolute Gasteiger partial charge is 0.274 e. The molecule has 3 atom stereocenters. The summed E-state index contributed by atoms with van der Waals surface area (Å²) in [6.45, 7) is 3.18. The maximum absolute atomic E-state index is 16.0. The Labute approximate surface area is 221 Å². The van der Waals surface area contributed by atoms with Gasteiger partial charge >= 0.3 is 0 Å². The number of hydrogen-bond donors (Lipinski definition) is 1. The van der Waals surface area contributed by atoms with Crippen molar-refractivity contribution in [3.8, 4) is 16.9 Å². The number of hydrogen-bond acceptors (Lipinski definition) is 6. The third-order valence-electron chi connectivity index (χ3n) is 6.56. The molecule has 0 spiro atoms. The van der Waals surface area contributed by atoms with Crippen LogP contribution in [0.5, 0.6) is 0 Å². The molecule has 0 saturated heterocycles. The Morgan fingerprint density at radius 3 is 2.39 bits per heavy atom. The van der Waals surface area contributed by atoms with Crippen LogP contribution in [0.1, 0.15) is 40.9 Å². The second kappa shape index (κ2) is 9.32. The first-order valence-corrected chi connectivity index (χ1v) is 13.8. The van der Waals surface area contributed by atoms with Crippen molar-refractivity contribution in [2.24, 2.45) is 0 Å². The summed E-state index contributed by atoms with van der Waals surface area (Å²) in [6, 6.07) is 5.53. The molecule has 3 heterocycles. The lowest BCUT2D eigenvalue weighted by Gasteiger charge is -2.18. The van der Waals surface area contributed by atoms with E-state index < -0.39 is 38.4 Å². The monoisotopic (exact) mass is 559 g/mol. The molecule has 1 aliphatic carbocycles. The van der Waals surface area contributed by atoms with Crippen molar-refractivity contribution < 1.29 is 17.4 Å². The molecule has 1 fully saturated rings. The lowest BCUT2D eigenvalue weighted by molar-refractivity contribution is 0.586. The fourth-order valence-corrected chi connectivity index (χ4v) is 5.71. The highest BCUT2D eigenvalue weighted by atomic mass is 35.5. The second-order valence-electron chi connectivity index (χ2n) is 9.32. The zero-order valence-corrected chi connectivity index (χ0v) is 22.0. The molecule has 1 aliphatic rings. The van der Waals surface area contributed by atoms with Crippen LogP contribution in [0.4, 0.5) is 13.2 Å². The minimum Gasteiger partial charge on any atom is -0.277 e. The van der Waals surface area contributed by atoms with E-state index in [1.165, 1.54) is 24.4 Å². The van der Waals surface area contributed by atoms with Crippen molar-refractivity contribution in [2.45, 2.75) is 37.0 Å². The number of pyridine rings is 2. The van der Waals surface area contributed by atoms with Gasteiger partial charge in [0, 0.05) is 29.6 Å². The number of aryl methyl sites for hydroxylation is 2. The first-order valence-electron chi connectivity index (χ1n) is 11.5. The molecule has 0 aliphatic heterocycles. The number of rotatable bonds is 5. The predicted octanol–water partition coefficient (Wildman–Crippen LogP) is 5.68. The normalized spacial score (nSPS) is 18.3. The molecule has 12 heteroatoms. The average Bonchev–Trinajstić information content (AvgIpc) is 3.64. The van der Waals surface area contributed by atoms with E-state index in [0.717, 1.165) is 23.2 Å². The van der Waals surface area contributed by atoms with E-state index in [9.17, 15) is 13.4 Å². The molecule has 38 heavy (non-hydrogen) atoms. The van der Waals surface area contributed by atoms with Gasteiger partial charge in [-0.3, -0.25) is 14.3 Å². The van der Waals surface area contributed by atoms with E-state index in [4.69, 9.17) is 16.4 Å². The van der Waals surface area contributed by atoms with Crippen LogP contribution >= 0.6 is 11.6 Å². The summed E-state index contributed by atoms with van der Waals surface area (Å²) >= 11 is 6.51. The fraction of sp³-hybridized carbons (Fsp3) is 0.231. The lowest BCUT2D eigenvalue weighted by atomic mass is 10.1. The molecule has 0 bridgehead atoms. The minimum absolute atomic E-state index is 0.101. The van der Waals surface area contributed by atoms with E-state index in [1.54, 1.807) is 19.9 Å². The molecule has 0 amide bonds. The SMILES string of the molecule is Cc1cnc(-c2cccc(S(C)(=N)=O)c2F)c(F)c1-n1c(C)cc([C@H]2C[C@@H]2c2ncc(F)cn2)c(Cl)c1=O. The highest BCUT2D eigenvalue weighted by Crippen LogP contribution is 2.54. The molecule has 7 nitrogen and oxygen atoms in total. The van der Waals surface area contributed by atoms with E-state index >= 15 is 8.78 Å². The molecular weight excluding hydrogens is 539 g/mol. The van der Waals surface area contributed by atoms with Crippen molar-refractivity contribution in [3.05, 3.63) is 98.3 Å². The summed E-state index contributed by atoms with van der Waals surface area (Å²) in [4.78, 5) is 25.2. The van der Waals surface area contributed by atoms with Gasteiger partial charge in [-0.15, -0.1) is 0 Å². The van der Waals surface area contributed by atoms with Gasteiger partial charge in [0.15, 0.2) is 11.6 Å². The van der Waals surface area contributed by atoms with Gasteiger partial charge < -0.3 is 0 Å². The number of halogens is 4. The van der Waals surface area contributed by atoms with Crippen molar-refractivity contribution >= 4 is 21.3 Å². The lowest BCUT2D eigenvalue weighted by Crippen LogP contribution is -2.24. The van der Waals surface area contributed by atoms with Gasteiger partial charge in [-0.25, -0.2) is 32.1 Å². The third kappa shape index (κ3) is 4.39. The Hall–Kier alpha value is -3.57. The maximum Gasteiger partial charge on any atom is 0.274 e. The van der Waals surface area contributed by atoms with Gasteiger partial charge in [0.1, 0.15) is 22.4 Å². The van der Waals surface area contributed by atoms with Crippen LogP contribution in [-0.4, -0.2) is 30.0 Å². The zero-order valence-electron chi connectivity index (χ0n) is 20.4. The van der Waals surface area contributed by atoms with E-state index in [0.29, 0.717) is 29.1 Å².